The van der Waals surface area contributed by atoms with E-state index in [4.69, 9.17) is 0 Å². The lowest BCUT2D eigenvalue weighted by Crippen LogP contribution is -2.31. The Hall–Kier alpha value is -2.04. The molecule has 0 saturated heterocycles. The Morgan fingerprint density at radius 3 is 2.80 bits per heavy atom. The Labute approximate surface area is 149 Å². The molecule has 2 aliphatic rings. The molecule has 5 nitrogen and oxygen atoms in total. The van der Waals surface area contributed by atoms with E-state index in [9.17, 15) is 0 Å². The quantitative estimate of drug-likeness (QED) is 0.862. The number of imidazole rings is 1. The van der Waals surface area contributed by atoms with Gasteiger partial charge in [0.05, 0.1) is 29.3 Å². The molecule has 5 heteroatoms. The number of nitrogens with one attached hydrogen (secondary N) is 2. The van der Waals surface area contributed by atoms with Crippen LogP contribution in [0.5, 0.6) is 0 Å². The summed E-state index contributed by atoms with van der Waals surface area (Å²) in [6.07, 6.45) is 11.6. The molecule has 2 N–H and O–H groups in total. The van der Waals surface area contributed by atoms with Crippen LogP contribution in [-0.4, -0.2) is 19.7 Å². The average molecular weight is 339 g/mol. The topological polar surface area (TPSA) is 58.5 Å². The van der Waals surface area contributed by atoms with Crippen LogP contribution < -0.4 is 5.32 Å². The number of aromatic nitrogens is 4. The average Bonchev–Trinajstić information content (AvgIpc) is 3.21. The maximum absolute atomic E-state index is 4.47. The number of allylic oxidation sites excluding steroid dienone is 1. The molecule has 2 aliphatic carbocycles. The van der Waals surface area contributed by atoms with E-state index in [-0.39, 0.29) is 0 Å². The molecular weight excluding hydrogens is 310 g/mol. The fourth-order valence-corrected chi connectivity index (χ4v) is 4.28. The summed E-state index contributed by atoms with van der Waals surface area (Å²) < 4.78 is 1.98. The first-order valence-corrected chi connectivity index (χ1v) is 9.60. The summed E-state index contributed by atoms with van der Waals surface area (Å²) in [5.41, 5.74) is 5.22. The van der Waals surface area contributed by atoms with Crippen LogP contribution in [0.15, 0.2) is 24.0 Å². The number of hydrogen-bond donors (Lipinski definition) is 2. The van der Waals surface area contributed by atoms with Gasteiger partial charge in [-0.1, -0.05) is 19.8 Å². The molecule has 2 saturated carbocycles. The summed E-state index contributed by atoms with van der Waals surface area (Å²) in [7, 11) is 2.03. The van der Waals surface area contributed by atoms with E-state index in [1.165, 1.54) is 61.2 Å². The second-order valence-electron chi connectivity index (χ2n) is 7.90. The van der Waals surface area contributed by atoms with Gasteiger partial charge < -0.3 is 10.3 Å². The standard InChI is InChI=1S/C20H29N5/c1-13-5-4-6-16(11-13)19(17-12-21-14(2)23-17)24-20(15-7-8-15)18-9-10-22-25(18)3/h9-10,12-13,16,19,24H,4-8,11H2,1-3H3,(H,21,23). The van der Waals surface area contributed by atoms with Gasteiger partial charge in [-0.25, -0.2) is 4.98 Å². The Morgan fingerprint density at radius 2 is 2.20 bits per heavy atom. The van der Waals surface area contributed by atoms with Crippen molar-refractivity contribution >= 4 is 5.70 Å². The molecule has 2 aromatic heterocycles. The van der Waals surface area contributed by atoms with E-state index in [2.05, 4.69) is 33.4 Å². The highest BCUT2D eigenvalue weighted by Crippen LogP contribution is 2.41. The Balaban J connectivity index is 1.66. The molecule has 0 amide bonds. The summed E-state index contributed by atoms with van der Waals surface area (Å²) >= 11 is 0. The van der Waals surface area contributed by atoms with E-state index in [0.29, 0.717) is 12.0 Å². The van der Waals surface area contributed by atoms with Gasteiger partial charge in [-0.05, 0) is 56.1 Å². The van der Waals surface area contributed by atoms with Gasteiger partial charge in [-0.2, -0.15) is 5.10 Å². The van der Waals surface area contributed by atoms with Crippen molar-refractivity contribution in [2.24, 2.45) is 18.9 Å². The Kier molecular flexibility index (Phi) is 4.40. The zero-order chi connectivity index (χ0) is 17.4. The van der Waals surface area contributed by atoms with Gasteiger partial charge in [-0.15, -0.1) is 0 Å². The van der Waals surface area contributed by atoms with Crippen LogP contribution in [0.3, 0.4) is 0 Å². The second-order valence-corrected chi connectivity index (χ2v) is 7.90. The summed E-state index contributed by atoms with van der Waals surface area (Å²) in [6, 6.07) is 2.41. The van der Waals surface area contributed by atoms with Crippen LogP contribution in [0.25, 0.3) is 5.70 Å². The number of aromatic amines is 1. The highest BCUT2D eigenvalue weighted by atomic mass is 15.3. The molecule has 4 rings (SSSR count). The molecule has 2 heterocycles. The molecular formula is C20H29N5. The third-order valence-electron chi connectivity index (χ3n) is 5.74. The van der Waals surface area contributed by atoms with Crippen molar-refractivity contribution in [3.8, 4) is 0 Å². The van der Waals surface area contributed by atoms with Gasteiger partial charge in [-0.3, -0.25) is 4.68 Å². The van der Waals surface area contributed by atoms with Crippen molar-refractivity contribution in [1.82, 2.24) is 25.1 Å². The van der Waals surface area contributed by atoms with Gasteiger partial charge in [0.1, 0.15) is 5.82 Å². The molecule has 0 radical (unpaired) electrons. The van der Waals surface area contributed by atoms with Gasteiger partial charge >= 0.3 is 0 Å². The molecule has 0 bridgehead atoms. The molecule has 134 valence electrons. The van der Waals surface area contributed by atoms with Gasteiger partial charge in [0.15, 0.2) is 0 Å². The number of rotatable bonds is 5. The fourth-order valence-electron chi connectivity index (χ4n) is 4.28. The van der Waals surface area contributed by atoms with Crippen molar-refractivity contribution in [2.45, 2.75) is 58.4 Å². The fraction of sp³-hybridized carbons (Fsp3) is 0.600. The van der Waals surface area contributed by atoms with E-state index >= 15 is 0 Å². The van der Waals surface area contributed by atoms with Gasteiger partial charge in [0, 0.05) is 13.2 Å². The van der Waals surface area contributed by atoms with Crippen LogP contribution in [0.2, 0.25) is 0 Å². The zero-order valence-corrected chi connectivity index (χ0v) is 15.5. The predicted molar refractivity (Wildman–Crippen MR) is 99.7 cm³/mol. The molecule has 3 atom stereocenters. The largest absolute Gasteiger partial charge is 0.375 e. The van der Waals surface area contributed by atoms with Crippen molar-refractivity contribution in [3.63, 3.8) is 0 Å². The zero-order valence-electron chi connectivity index (χ0n) is 15.5. The molecule has 2 aromatic rings. The first kappa shape index (κ1) is 16.4. The molecule has 0 aromatic carbocycles. The van der Waals surface area contributed by atoms with Gasteiger partial charge in [0.25, 0.3) is 0 Å². The summed E-state index contributed by atoms with van der Waals surface area (Å²) in [4.78, 5) is 7.96. The minimum Gasteiger partial charge on any atom is -0.375 e. The monoisotopic (exact) mass is 339 g/mol. The number of H-pyrrole nitrogens is 1. The first-order valence-electron chi connectivity index (χ1n) is 9.60. The lowest BCUT2D eigenvalue weighted by Gasteiger charge is -2.34. The molecule has 0 aliphatic heterocycles. The maximum Gasteiger partial charge on any atom is 0.103 e. The van der Waals surface area contributed by atoms with Crippen LogP contribution in [0, 0.1) is 18.8 Å². The molecule has 3 unspecified atom stereocenters. The van der Waals surface area contributed by atoms with Crippen LogP contribution >= 0.6 is 0 Å². The lowest BCUT2D eigenvalue weighted by molar-refractivity contribution is 0.233. The molecule has 2 fully saturated rings. The highest BCUT2D eigenvalue weighted by Gasteiger charge is 2.32. The molecule has 0 spiro atoms. The third kappa shape index (κ3) is 3.51. The van der Waals surface area contributed by atoms with E-state index in [0.717, 1.165) is 11.7 Å². The summed E-state index contributed by atoms with van der Waals surface area (Å²) in [6.45, 7) is 4.42. The first-order chi connectivity index (χ1) is 12.1. The minimum absolute atomic E-state index is 0.293. The molecule has 25 heavy (non-hydrogen) atoms. The van der Waals surface area contributed by atoms with Gasteiger partial charge in [0.2, 0.25) is 0 Å². The second kappa shape index (κ2) is 6.70. The normalized spacial score (nSPS) is 24.2. The minimum atomic E-state index is 0.293. The van der Waals surface area contributed by atoms with Crippen molar-refractivity contribution in [2.75, 3.05) is 0 Å². The Bertz CT molecular complexity index is 763. The lowest BCUT2D eigenvalue weighted by atomic mass is 9.77. The number of hydrogen-bond acceptors (Lipinski definition) is 3. The van der Waals surface area contributed by atoms with E-state index in [1.807, 2.05) is 31.0 Å². The summed E-state index contributed by atoms with van der Waals surface area (Å²) in [5, 5.41) is 8.31. The predicted octanol–water partition coefficient (Wildman–Crippen LogP) is 4.11. The number of nitrogens with zero attached hydrogens (tertiary/aromatic N) is 3. The van der Waals surface area contributed by atoms with E-state index in [1.54, 1.807) is 0 Å². The van der Waals surface area contributed by atoms with Crippen LogP contribution in [-0.2, 0) is 7.05 Å². The number of aryl methyl sites for hydroxylation is 2. The van der Waals surface area contributed by atoms with E-state index < -0.39 is 0 Å². The Morgan fingerprint density at radius 1 is 1.36 bits per heavy atom. The third-order valence-corrected chi connectivity index (χ3v) is 5.74. The van der Waals surface area contributed by atoms with Crippen molar-refractivity contribution in [3.05, 3.63) is 41.2 Å². The maximum atomic E-state index is 4.47. The summed E-state index contributed by atoms with van der Waals surface area (Å²) in [5.74, 6) is 2.44. The van der Waals surface area contributed by atoms with Crippen molar-refractivity contribution < 1.29 is 0 Å². The van der Waals surface area contributed by atoms with Crippen LogP contribution in [0.4, 0.5) is 0 Å². The van der Waals surface area contributed by atoms with Crippen molar-refractivity contribution in [1.29, 1.82) is 0 Å². The van der Waals surface area contributed by atoms with Crippen LogP contribution in [0.1, 0.15) is 68.7 Å². The SMILES string of the molecule is Cc1ncc(C(NC(=C2CC2)c2ccnn2C)C2CCCC(C)C2)[nH]1. The smallest absolute Gasteiger partial charge is 0.103 e. The highest BCUT2D eigenvalue weighted by molar-refractivity contribution is 5.68.